The van der Waals surface area contributed by atoms with Gasteiger partial charge in [-0.05, 0) is 31.2 Å². The Labute approximate surface area is 98.6 Å². The van der Waals surface area contributed by atoms with Crippen LogP contribution >= 0.6 is 11.8 Å². The summed E-state index contributed by atoms with van der Waals surface area (Å²) in [6.45, 7) is 0.992. The van der Waals surface area contributed by atoms with E-state index >= 15 is 0 Å². The first-order chi connectivity index (χ1) is 7.83. The average Bonchev–Trinajstić information content (AvgIpc) is 2.94. The standard InChI is InChI=1S/C12H14N2OS/c1-16-12(4-5-12)8-14-11-9-3-7-15-10(9)2-6-13-11/h2-3,6-7H,4-5,8H2,1H3,(H,13,14). The molecule has 0 spiro atoms. The Morgan fingerprint density at radius 3 is 3.12 bits per heavy atom. The van der Waals surface area contributed by atoms with Crippen LogP contribution in [0, 0.1) is 0 Å². The van der Waals surface area contributed by atoms with Crippen molar-refractivity contribution < 1.29 is 4.42 Å². The lowest BCUT2D eigenvalue weighted by Gasteiger charge is -2.13. The highest BCUT2D eigenvalue weighted by molar-refractivity contribution is 8.00. The predicted octanol–water partition coefficient (Wildman–Crippen LogP) is 3.14. The van der Waals surface area contributed by atoms with Gasteiger partial charge in [-0.25, -0.2) is 4.98 Å². The van der Waals surface area contributed by atoms with Gasteiger partial charge in [0.05, 0.1) is 11.6 Å². The van der Waals surface area contributed by atoms with Gasteiger partial charge in [0.2, 0.25) is 0 Å². The second-order valence-corrected chi connectivity index (χ2v) is 5.51. The number of hydrogen-bond donors (Lipinski definition) is 1. The number of rotatable bonds is 4. The molecule has 1 aliphatic carbocycles. The van der Waals surface area contributed by atoms with Gasteiger partial charge in [-0.3, -0.25) is 0 Å². The summed E-state index contributed by atoms with van der Waals surface area (Å²) in [5.41, 5.74) is 0.895. The van der Waals surface area contributed by atoms with Crippen LogP contribution in [0.25, 0.3) is 11.0 Å². The monoisotopic (exact) mass is 234 g/mol. The third-order valence-electron chi connectivity index (χ3n) is 3.20. The van der Waals surface area contributed by atoms with Crippen LogP contribution in [0.4, 0.5) is 5.82 Å². The van der Waals surface area contributed by atoms with Gasteiger partial charge in [0.25, 0.3) is 0 Å². The van der Waals surface area contributed by atoms with Gasteiger partial charge in [-0.15, -0.1) is 0 Å². The van der Waals surface area contributed by atoms with Crippen LogP contribution in [0.2, 0.25) is 0 Å². The van der Waals surface area contributed by atoms with E-state index in [0.29, 0.717) is 4.75 Å². The van der Waals surface area contributed by atoms with E-state index in [1.165, 1.54) is 12.8 Å². The van der Waals surface area contributed by atoms with E-state index in [9.17, 15) is 0 Å². The van der Waals surface area contributed by atoms with Crippen molar-refractivity contribution in [3.05, 3.63) is 24.6 Å². The van der Waals surface area contributed by atoms with Gasteiger partial charge in [0, 0.05) is 17.5 Å². The Morgan fingerprint density at radius 2 is 2.38 bits per heavy atom. The first-order valence-electron chi connectivity index (χ1n) is 5.44. The van der Waals surface area contributed by atoms with E-state index in [-0.39, 0.29) is 0 Å². The fourth-order valence-corrected chi connectivity index (χ4v) is 2.60. The highest BCUT2D eigenvalue weighted by Gasteiger charge is 2.41. The molecule has 0 unspecified atom stereocenters. The van der Waals surface area contributed by atoms with Gasteiger partial charge in [-0.2, -0.15) is 11.8 Å². The van der Waals surface area contributed by atoms with E-state index in [2.05, 4.69) is 16.6 Å². The van der Waals surface area contributed by atoms with E-state index in [4.69, 9.17) is 4.42 Å². The van der Waals surface area contributed by atoms with Gasteiger partial charge in [0.15, 0.2) is 0 Å². The normalized spacial score (nSPS) is 17.6. The maximum atomic E-state index is 5.35. The zero-order chi connectivity index (χ0) is 11.0. The molecule has 0 bridgehead atoms. The van der Waals surface area contributed by atoms with Gasteiger partial charge >= 0.3 is 0 Å². The highest BCUT2D eigenvalue weighted by atomic mass is 32.2. The summed E-state index contributed by atoms with van der Waals surface area (Å²) < 4.78 is 5.80. The molecule has 1 saturated carbocycles. The molecule has 0 radical (unpaired) electrons. The lowest BCUT2D eigenvalue weighted by Crippen LogP contribution is -2.18. The molecule has 0 saturated heterocycles. The fourth-order valence-electron chi connectivity index (χ4n) is 1.87. The van der Waals surface area contributed by atoms with Crippen LogP contribution in [-0.4, -0.2) is 22.5 Å². The maximum absolute atomic E-state index is 5.35. The number of hydrogen-bond acceptors (Lipinski definition) is 4. The van der Waals surface area contributed by atoms with E-state index in [0.717, 1.165) is 23.3 Å². The number of furan rings is 1. The molecule has 0 amide bonds. The number of aromatic nitrogens is 1. The topological polar surface area (TPSA) is 38.1 Å². The Bertz CT molecular complexity index is 504. The Balaban J connectivity index is 1.81. The smallest absolute Gasteiger partial charge is 0.139 e. The second-order valence-electron chi connectivity index (χ2n) is 4.23. The largest absolute Gasteiger partial charge is 0.464 e. The number of thioether (sulfide) groups is 1. The number of nitrogens with one attached hydrogen (secondary N) is 1. The van der Waals surface area contributed by atoms with E-state index in [1.54, 1.807) is 12.5 Å². The summed E-state index contributed by atoms with van der Waals surface area (Å²) in [6.07, 6.45) is 8.29. The third-order valence-corrected chi connectivity index (χ3v) is 4.62. The molecule has 1 aliphatic rings. The molecule has 2 aromatic rings. The summed E-state index contributed by atoms with van der Waals surface area (Å²) in [5.74, 6) is 0.937. The summed E-state index contributed by atoms with van der Waals surface area (Å²) in [5, 5.41) is 4.50. The Morgan fingerprint density at radius 1 is 1.50 bits per heavy atom. The highest BCUT2D eigenvalue weighted by Crippen LogP contribution is 2.47. The number of anilines is 1. The van der Waals surface area contributed by atoms with Crippen LogP contribution in [0.3, 0.4) is 0 Å². The van der Waals surface area contributed by atoms with Crippen molar-refractivity contribution in [2.75, 3.05) is 18.1 Å². The third kappa shape index (κ3) is 1.67. The predicted molar refractivity (Wildman–Crippen MR) is 68.0 cm³/mol. The summed E-state index contributed by atoms with van der Waals surface area (Å²) >= 11 is 1.95. The molecule has 0 aromatic carbocycles. The molecule has 1 fully saturated rings. The first kappa shape index (κ1) is 10.0. The van der Waals surface area contributed by atoms with Crippen LogP contribution in [0.5, 0.6) is 0 Å². The first-order valence-corrected chi connectivity index (χ1v) is 6.67. The lowest BCUT2D eigenvalue weighted by molar-refractivity contribution is 0.615. The summed E-state index contributed by atoms with van der Waals surface area (Å²) in [6, 6.07) is 3.85. The van der Waals surface area contributed by atoms with Crippen LogP contribution in [-0.2, 0) is 0 Å². The molecule has 0 atom stereocenters. The van der Waals surface area contributed by atoms with Crippen LogP contribution in [0.1, 0.15) is 12.8 Å². The van der Waals surface area contributed by atoms with E-state index < -0.39 is 0 Å². The Kier molecular flexibility index (Phi) is 2.32. The zero-order valence-electron chi connectivity index (χ0n) is 9.19. The molecule has 16 heavy (non-hydrogen) atoms. The molecule has 0 aliphatic heterocycles. The van der Waals surface area contributed by atoms with Crippen molar-refractivity contribution in [1.29, 1.82) is 0 Å². The van der Waals surface area contributed by atoms with E-state index in [1.807, 2.05) is 23.9 Å². The summed E-state index contributed by atoms with van der Waals surface area (Å²) in [4.78, 5) is 4.36. The summed E-state index contributed by atoms with van der Waals surface area (Å²) in [7, 11) is 0. The van der Waals surface area contributed by atoms with Crippen molar-refractivity contribution in [3.63, 3.8) is 0 Å². The average molecular weight is 234 g/mol. The molecule has 1 N–H and O–H groups in total. The molecule has 3 nitrogen and oxygen atoms in total. The van der Waals surface area contributed by atoms with Gasteiger partial charge in [-0.1, -0.05) is 0 Å². The second kappa shape index (κ2) is 3.70. The zero-order valence-corrected chi connectivity index (χ0v) is 10.0. The minimum absolute atomic E-state index is 0.452. The van der Waals surface area contributed by atoms with Gasteiger partial charge in [0.1, 0.15) is 11.4 Å². The molecular weight excluding hydrogens is 220 g/mol. The number of fused-ring (bicyclic) bond motifs is 1. The van der Waals surface area contributed by atoms with Crippen molar-refractivity contribution in [1.82, 2.24) is 4.98 Å². The minimum atomic E-state index is 0.452. The molecule has 4 heteroatoms. The lowest BCUT2D eigenvalue weighted by atomic mass is 10.3. The van der Waals surface area contributed by atoms with Crippen LogP contribution < -0.4 is 5.32 Å². The van der Waals surface area contributed by atoms with Gasteiger partial charge < -0.3 is 9.73 Å². The van der Waals surface area contributed by atoms with Crippen molar-refractivity contribution in [2.45, 2.75) is 17.6 Å². The van der Waals surface area contributed by atoms with Crippen molar-refractivity contribution >= 4 is 28.5 Å². The molecule has 2 heterocycles. The Hall–Kier alpha value is -1.16. The number of pyridine rings is 1. The van der Waals surface area contributed by atoms with Crippen molar-refractivity contribution in [2.24, 2.45) is 0 Å². The molecular formula is C12H14N2OS. The SMILES string of the molecule is CSC1(CNc2nccc3occc23)CC1. The molecule has 3 rings (SSSR count). The molecule has 2 aromatic heterocycles. The van der Waals surface area contributed by atoms with Crippen molar-refractivity contribution in [3.8, 4) is 0 Å². The minimum Gasteiger partial charge on any atom is -0.464 e. The number of nitrogens with zero attached hydrogens (tertiary/aromatic N) is 1. The quantitative estimate of drug-likeness (QED) is 0.882. The maximum Gasteiger partial charge on any atom is 0.139 e. The fraction of sp³-hybridized carbons (Fsp3) is 0.417. The molecule has 84 valence electrons. The van der Waals surface area contributed by atoms with Crippen LogP contribution in [0.15, 0.2) is 29.0 Å².